The van der Waals surface area contributed by atoms with E-state index in [-0.39, 0.29) is 5.97 Å². The first kappa shape index (κ1) is 20.7. The summed E-state index contributed by atoms with van der Waals surface area (Å²) in [5.41, 5.74) is 5.21. The van der Waals surface area contributed by atoms with Crippen LogP contribution in [0.3, 0.4) is 0 Å². The number of hydrogen-bond acceptors (Lipinski definition) is 5. The maximum Gasteiger partial charge on any atom is 0.308 e. The quantitative estimate of drug-likeness (QED) is 0.411. The van der Waals surface area contributed by atoms with Crippen LogP contribution in [0.15, 0.2) is 71.7 Å². The van der Waals surface area contributed by atoms with Crippen LogP contribution in [0.25, 0.3) is 0 Å². The zero-order chi connectivity index (χ0) is 21.6. The number of para-hydroxylation sites is 1. The predicted molar refractivity (Wildman–Crippen MR) is 120 cm³/mol. The lowest BCUT2D eigenvalue weighted by molar-refractivity contribution is -0.131. The third-order valence-corrected chi connectivity index (χ3v) is 5.21. The fourth-order valence-corrected chi connectivity index (χ4v) is 3.72. The molecule has 0 aliphatic carbocycles. The molecule has 5 heteroatoms. The fourth-order valence-electron chi connectivity index (χ4n) is 3.72. The summed E-state index contributed by atoms with van der Waals surface area (Å²) in [4.78, 5) is 16.2. The first-order valence-corrected chi connectivity index (χ1v) is 10.3. The number of aliphatic imine (C=N–C) groups is 1. The Bertz CT molecular complexity index is 1110. The molecule has 0 aromatic heterocycles. The highest BCUT2D eigenvalue weighted by Crippen LogP contribution is 2.34. The van der Waals surface area contributed by atoms with E-state index in [0.29, 0.717) is 31.1 Å². The number of hydrogen-bond donors (Lipinski definition) is 0. The molecule has 0 saturated heterocycles. The van der Waals surface area contributed by atoms with Crippen molar-refractivity contribution in [3.8, 4) is 17.2 Å². The minimum atomic E-state index is -0.333. The largest absolute Gasteiger partial charge is 0.493 e. The highest BCUT2D eigenvalue weighted by atomic mass is 16.5. The minimum absolute atomic E-state index is 0.333. The van der Waals surface area contributed by atoms with Gasteiger partial charge >= 0.3 is 5.97 Å². The SMILES string of the molecule is COc1cc2c(cc1OCc1ccccc1)CCN=C2Cc1ccccc1OC(C)=O. The summed E-state index contributed by atoms with van der Waals surface area (Å²) in [7, 11) is 1.65. The number of rotatable bonds is 7. The van der Waals surface area contributed by atoms with Crippen LogP contribution in [0.5, 0.6) is 17.2 Å². The van der Waals surface area contributed by atoms with Crippen molar-refractivity contribution in [1.29, 1.82) is 0 Å². The molecule has 3 aromatic rings. The van der Waals surface area contributed by atoms with E-state index in [2.05, 4.69) is 6.07 Å². The van der Waals surface area contributed by atoms with E-state index in [1.165, 1.54) is 12.5 Å². The van der Waals surface area contributed by atoms with Crippen molar-refractivity contribution in [2.75, 3.05) is 13.7 Å². The van der Waals surface area contributed by atoms with Gasteiger partial charge in [-0.15, -0.1) is 0 Å². The Labute approximate surface area is 182 Å². The van der Waals surface area contributed by atoms with Crippen LogP contribution >= 0.6 is 0 Å². The molecule has 0 saturated carbocycles. The van der Waals surface area contributed by atoms with Gasteiger partial charge in [0, 0.05) is 36.7 Å². The first-order chi connectivity index (χ1) is 15.1. The molecule has 1 heterocycles. The number of methoxy groups -OCH3 is 1. The van der Waals surface area contributed by atoms with Crippen molar-refractivity contribution in [2.24, 2.45) is 4.99 Å². The van der Waals surface area contributed by atoms with Gasteiger partial charge < -0.3 is 14.2 Å². The van der Waals surface area contributed by atoms with E-state index < -0.39 is 0 Å². The molecule has 0 bridgehead atoms. The summed E-state index contributed by atoms with van der Waals surface area (Å²) in [6.07, 6.45) is 1.42. The Morgan fingerprint density at radius 3 is 2.52 bits per heavy atom. The second kappa shape index (κ2) is 9.47. The molecule has 0 spiro atoms. The molecule has 0 atom stereocenters. The van der Waals surface area contributed by atoms with Crippen LogP contribution < -0.4 is 14.2 Å². The Kier molecular flexibility index (Phi) is 6.32. The van der Waals surface area contributed by atoms with Crippen molar-refractivity contribution in [2.45, 2.75) is 26.4 Å². The molecule has 158 valence electrons. The molecular formula is C26H25NO4. The normalized spacial score (nSPS) is 12.5. The van der Waals surface area contributed by atoms with Crippen molar-refractivity contribution < 1.29 is 19.0 Å². The van der Waals surface area contributed by atoms with Gasteiger partial charge in [0.2, 0.25) is 0 Å². The molecule has 0 fully saturated rings. The van der Waals surface area contributed by atoms with E-state index in [1.807, 2.05) is 60.7 Å². The number of ether oxygens (including phenoxy) is 3. The van der Waals surface area contributed by atoms with Gasteiger partial charge in [-0.25, -0.2) is 0 Å². The van der Waals surface area contributed by atoms with Crippen molar-refractivity contribution in [3.05, 3.63) is 89.0 Å². The zero-order valence-corrected chi connectivity index (χ0v) is 17.8. The number of carbonyl (C=O) groups is 1. The second-order valence-electron chi connectivity index (χ2n) is 7.39. The van der Waals surface area contributed by atoms with Gasteiger partial charge in [0.1, 0.15) is 12.4 Å². The molecular weight excluding hydrogens is 390 g/mol. The van der Waals surface area contributed by atoms with Gasteiger partial charge in [0.05, 0.1) is 7.11 Å². The second-order valence-corrected chi connectivity index (χ2v) is 7.39. The standard InChI is InChI=1S/C26H25NO4/c1-18(28)31-24-11-7-6-10-21(24)14-23-22-16-25(29-2)26(15-20(22)12-13-27-23)30-17-19-8-4-3-5-9-19/h3-11,15-16H,12-14,17H2,1-2H3. The zero-order valence-electron chi connectivity index (χ0n) is 17.8. The summed E-state index contributed by atoms with van der Waals surface area (Å²) in [5.74, 6) is 1.64. The molecule has 4 rings (SSSR count). The van der Waals surface area contributed by atoms with Crippen molar-refractivity contribution in [3.63, 3.8) is 0 Å². The lowest BCUT2D eigenvalue weighted by atomic mass is 9.93. The molecule has 31 heavy (non-hydrogen) atoms. The highest BCUT2D eigenvalue weighted by molar-refractivity contribution is 6.04. The fraction of sp³-hybridized carbons (Fsp3) is 0.231. The van der Waals surface area contributed by atoms with Gasteiger partial charge in [-0.05, 0) is 35.7 Å². The molecule has 0 unspecified atom stereocenters. The van der Waals surface area contributed by atoms with Crippen molar-refractivity contribution >= 4 is 11.7 Å². The van der Waals surface area contributed by atoms with Gasteiger partial charge in [-0.2, -0.15) is 0 Å². The molecule has 5 nitrogen and oxygen atoms in total. The van der Waals surface area contributed by atoms with Crippen LogP contribution in [-0.2, 0) is 24.2 Å². The molecule has 0 N–H and O–H groups in total. The first-order valence-electron chi connectivity index (χ1n) is 10.3. The third kappa shape index (κ3) is 4.94. The Balaban J connectivity index is 1.60. The van der Waals surface area contributed by atoms with Crippen LogP contribution in [-0.4, -0.2) is 25.3 Å². The summed E-state index contributed by atoms with van der Waals surface area (Å²) >= 11 is 0. The monoisotopic (exact) mass is 415 g/mol. The van der Waals surface area contributed by atoms with E-state index >= 15 is 0 Å². The summed E-state index contributed by atoms with van der Waals surface area (Å²) in [5, 5.41) is 0. The van der Waals surface area contributed by atoms with E-state index in [0.717, 1.165) is 34.6 Å². The Hall–Kier alpha value is -3.60. The molecule has 0 amide bonds. The minimum Gasteiger partial charge on any atom is -0.493 e. The van der Waals surface area contributed by atoms with Crippen LogP contribution in [0.4, 0.5) is 0 Å². The highest BCUT2D eigenvalue weighted by Gasteiger charge is 2.20. The van der Waals surface area contributed by atoms with Crippen molar-refractivity contribution in [1.82, 2.24) is 0 Å². The number of nitrogens with zero attached hydrogens (tertiary/aromatic N) is 1. The summed E-state index contributed by atoms with van der Waals surface area (Å²) in [6.45, 7) is 2.60. The average molecular weight is 415 g/mol. The lowest BCUT2D eigenvalue weighted by Crippen LogP contribution is -2.17. The van der Waals surface area contributed by atoms with Crippen LogP contribution in [0, 0.1) is 0 Å². The lowest BCUT2D eigenvalue weighted by Gasteiger charge is -2.21. The number of benzene rings is 3. The molecule has 1 aliphatic rings. The number of esters is 1. The molecule has 1 aliphatic heterocycles. The van der Waals surface area contributed by atoms with Gasteiger partial charge in [-0.1, -0.05) is 48.5 Å². The molecule has 0 radical (unpaired) electrons. The van der Waals surface area contributed by atoms with Gasteiger partial charge in [0.15, 0.2) is 11.5 Å². The third-order valence-electron chi connectivity index (χ3n) is 5.21. The number of fused-ring (bicyclic) bond motifs is 1. The maximum atomic E-state index is 11.5. The molecule has 3 aromatic carbocycles. The Morgan fingerprint density at radius 2 is 1.74 bits per heavy atom. The van der Waals surface area contributed by atoms with E-state index in [1.54, 1.807) is 7.11 Å². The van der Waals surface area contributed by atoms with Gasteiger partial charge in [-0.3, -0.25) is 9.79 Å². The Morgan fingerprint density at radius 1 is 0.968 bits per heavy atom. The average Bonchev–Trinajstić information content (AvgIpc) is 2.79. The van der Waals surface area contributed by atoms with Gasteiger partial charge in [0.25, 0.3) is 0 Å². The maximum absolute atomic E-state index is 11.5. The van der Waals surface area contributed by atoms with E-state index in [9.17, 15) is 4.79 Å². The van der Waals surface area contributed by atoms with Crippen LogP contribution in [0.2, 0.25) is 0 Å². The number of carbonyl (C=O) groups excluding carboxylic acids is 1. The summed E-state index contributed by atoms with van der Waals surface area (Å²) in [6, 6.07) is 21.7. The van der Waals surface area contributed by atoms with Crippen LogP contribution in [0.1, 0.15) is 29.2 Å². The summed E-state index contributed by atoms with van der Waals surface area (Å²) < 4.78 is 17.1. The predicted octanol–water partition coefficient (Wildman–Crippen LogP) is 4.79. The smallest absolute Gasteiger partial charge is 0.308 e. The topological polar surface area (TPSA) is 57.1 Å². The van der Waals surface area contributed by atoms with E-state index in [4.69, 9.17) is 19.2 Å².